The Balaban J connectivity index is 1.53. The van der Waals surface area contributed by atoms with Gasteiger partial charge in [0, 0.05) is 37.6 Å². The fourth-order valence-electron chi connectivity index (χ4n) is 4.53. The van der Waals surface area contributed by atoms with Crippen molar-refractivity contribution in [3.05, 3.63) is 65.8 Å². The summed E-state index contributed by atoms with van der Waals surface area (Å²) in [5.41, 5.74) is -0.0838. The first kappa shape index (κ1) is 23.5. The summed E-state index contributed by atoms with van der Waals surface area (Å²) in [6, 6.07) is 6.44. The van der Waals surface area contributed by atoms with Crippen LogP contribution in [-0.2, 0) is 6.18 Å². The predicted octanol–water partition coefficient (Wildman–Crippen LogP) is 4.14. The Bertz CT molecular complexity index is 1140. The molecule has 3 atom stereocenters. The Hall–Kier alpha value is -3.63. The van der Waals surface area contributed by atoms with Crippen LogP contribution in [0.5, 0.6) is 0 Å². The number of nitrogens with one attached hydrogen (secondary N) is 1. The molecule has 2 aliphatic rings. The van der Waals surface area contributed by atoms with Crippen molar-refractivity contribution in [2.45, 2.75) is 31.1 Å². The number of nitrogens with zero attached hydrogens (tertiary/aromatic N) is 5. The Morgan fingerprint density at radius 1 is 1.21 bits per heavy atom. The van der Waals surface area contributed by atoms with Crippen LogP contribution in [0, 0.1) is 5.92 Å². The lowest BCUT2D eigenvalue weighted by atomic mass is 10.0. The molecule has 3 unspecified atom stereocenters. The maximum absolute atomic E-state index is 13.5. The standard InChI is InChI=1S/C23H22F4N6O/c1-13(24)9-29-20(28-2)16-5-3-4-6-17(16)21(34)33-12-14-7-18(19(33)8-14)32-22-30-10-15(11-31-22)23(25,26)27/h3-6,9-11,14,18-19H,1,7-8,12H2,2H3,(H,30,31,32). The van der Waals surface area contributed by atoms with Gasteiger partial charge in [-0.3, -0.25) is 9.79 Å². The monoisotopic (exact) mass is 474 g/mol. The highest BCUT2D eigenvalue weighted by atomic mass is 19.4. The third kappa shape index (κ3) is 4.82. The molecule has 1 saturated heterocycles. The molecule has 2 aromatic rings. The van der Waals surface area contributed by atoms with E-state index in [2.05, 4.69) is 31.8 Å². The number of allylic oxidation sites excluding steroid dienone is 1. The van der Waals surface area contributed by atoms with Crippen molar-refractivity contribution in [2.75, 3.05) is 18.9 Å². The molecule has 1 aliphatic heterocycles. The minimum Gasteiger partial charge on any atom is -0.349 e. The number of amides is 1. The van der Waals surface area contributed by atoms with Crippen LogP contribution < -0.4 is 5.32 Å². The number of aliphatic imine (C=N–C) groups is 2. The molecule has 0 radical (unpaired) electrons. The van der Waals surface area contributed by atoms with Crippen molar-refractivity contribution >= 4 is 23.9 Å². The summed E-state index contributed by atoms with van der Waals surface area (Å²) < 4.78 is 51.4. The summed E-state index contributed by atoms with van der Waals surface area (Å²) in [7, 11) is 1.50. The summed E-state index contributed by atoms with van der Waals surface area (Å²) in [4.78, 5) is 30.9. The maximum atomic E-state index is 13.5. The molecular weight excluding hydrogens is 452 g/mol. The highest BCUT2D eigenvalue weighted by Crippen LogP contribution is 2.40. The minimum absolute atomic E-state index is 0.0829. The smallest absolute Gasteiger partial charge is 0.349 e. The fourth-order valence-corrected chi connectivity index (χ4v) is 4.53. The van der Waals surface area contributed by atoms with Gasteiger partial charge in [0.2, 0.25) is 5.95 Å². The quantitative estimate of drug-likeness (QED) is 0.401. The van der Waals surface area contributed by atoms with Gasteiger partial charge in [-0.05, 0) is 24.8 Å². The van der Waals surface area contributed by atoms with E-state index < -0.39 is 17.6 Å². The van der Waals surface area contributed by atoms with Crippen LogP contribution in [0.3, 0.4) is 0 Å². The molecule has 11 heteroatoms. The first-order chi connectivity index (χ1) is 16.2. The molecule has 1 aromatic carbocycles. The number of aromatic nitrogens is 2. The van der Waals surface area contributed by atoms with Crippen molar-refractivity contribution in [1.82, 2.24) is 14.9 Å². The number of anilines is 1. The molecule has 0 spiro atoms. The van der Waals surface area contributed by atoms with Gasteiger partial charge in [0.15, 0.2) is 5.84 Å². The topological polar surface area (TPSA) is 82.8 Å². The van der Waals surface area contributed by atoms with E-state index in [0.29, 0.717) is 17.7 Å². The number of hydrogen-bond acceptors (Lipinski definition) is 5. The Labute approximate surface area is 193 Å². The number of likely N-dealkylation sites (tertiary alicyclic amines) is 1. The average Bonchev–Trinajstić information content (AvgIpc) is 3.39. The van der Waals surface area contributed by atoms with Crippen LogP contribution in [0.2, 0.25) is 0 Å². The summed E-state index contributed by atoms with van der Waals surface area (Å²) in [6.07, 6.45) is -0.583. The number of carbonyl (C=O) groups is 1. The van der Waals surface area contributed by atoms with Crippen molar-refractivity contribution in [2.24, 2.45) is 15.9 Å². The van der Waals surface area contributed by atoms with Crippen LogP contribution in [0.4, 0.5) is 23.5 Å². The van der Waals surface area contributed by atoms with Gasteiger partial charge in [0.1, 0.15) is 5.83 Å². The van der Waals surface area contributed by atoms with E-state index in [0.717, 1.165) is 31.4 Å². The Kier molecular flexibility index (Phi) is 6.45. The Morgan fingerprint density at radius 3 is 2.47 bits per heavy atom. The van der Waals surface area contributed by atoms with Gasteiger partial charge < -0.3 is 10.2 Å². The highest BCUT2D eigenvalue weighted by molar-refractivity contribution is 6.12. The van der Waals surface area contributed by atoms with E-state index in [1.807, 2.05) is 0 Å². The molecule has 1 aliphatic carbocycles. The lowest BCUT2D eigenvalue weighted by Gasteiger charge is -2.34. The number of halogens is 4. The van der Waals surface area contributed by atoms with Crippen LogP contribution >= 0.6 is 0 Å². The van der Waals surface area contributed by atoms with Crippen molar-refractivity contribution < 1.29 is 22.4 Å². The Morgan fingerprint density at radius 2 is 1.88 bits per heavy atom. The van der Waals surface area contributed by atoms with E-state index >= 15 is 0 Å². The van der Waals surface area contributed by atoms with E-state index in [1.54, 1.807) is 29.2 Å². The lowest BCUT2D eigenvalue weighted by Crippen LogP contribution is -2.48. The molecule has 1 amide bonds. The van der Waals surface area contributed by atoms with Crippen molar-refractivity contribution in [3.8, 4) is 0 Å². The molecule has 2 bridgehead atoms. The maximum Gasteiger partial charge on any atom is 0.419 e. The van der Waals surface area contributed by atoms with Crippen LogP contribution in [-0.4, -0.2) is 58.5 Å². The van der Waals surface area contributed by atoms with E-state index in [1.165, 1.54) is 7.05 Å². The lowest BCUT2D eigenvalue weighted by molar-refractivity contribution is -0.138. The number of carbonyl (C=O) groups excluding carboxylic acids is 1. The molecule has 178 valence electrons. The van der Waals surface area contributed by atoms with Crippen LogP contribution in [0.1, 0.15) is 34.3 Å². The zero-order chi connectivity index (χ0) is 24.5. The minimum atomic E-state index is -4.51. The number of piperidine rings is 1. The fraction of sp³-hybridized carbons (Fsp3) is 0.348. The predicted molar refractivity (Wildman–Crippen MR) is 120 cm³/mol. The summed E-state index contributed by atoms with van der Waals surface area (Å²) >= 11 is 0. The largest absolute Gasteiger partial charge is 0.419 e. The second-order valence-electron chi connectivity index (χ2n) is 8.20. The highest BCUT2D eigenvalue weighted by Gasteiger charge is 2.47. The van der Waals surface area contributed by atoms with Gasteiger partial charge >= 0.3 is 6.18 Å². The van der Waals surface area contributed by atoms with Gasteiger partial charge in [-0.1, -0.05) is 24.8 Å². The first-order valence-electron chi connectivity index (χ1n) is 10.6. The number of alkyl halides is 3. The number of amidine groups is 1. The molecule has 34 heavy (non-hydrogen) atoms. The molecule has 1 aromatic heterocycles. The number of hydrogen-bond donors (Lipinski definition) is 1. The van der Waals surface area contributed by atoms with Crippen molar-refractivity contribution in [1.29, 1.82) is 0 Å². The van der Waals surface area contributed by atoms with Gasteiger partial charge in [0.25, 0.3) is 5.91 Å². The normalized spacial score (nSPS) is 22.4. The zero-order valence-corrected chi connectivity index (χ0v) is 18.3. The zero-order valence-electron chi connectivity index (χ0n) is 18.3. The molecule has 1 N–H and O–H groups in total. The van der Waals surface area contributed by atoms with Gasteiger partial charge in [0.05, 0.1) is 23.4 Å². The van der Waals surface area contributed by atoms with Gasteiger partial charge in [-0.2, -0.15) is 13.2 Å². The average molecular weight is 474 g/mol. The molecular formula is C23H22F4N6O. The molecule has 2 fully saturated rings. The van der Waals surface area contributed by atoms with Gasteiger partial charge in [-0.15, -0.1) is 0 Å². The summed E-state index contributed by atoms with van der Waals surface area (Å²) in [5, 5.41) is 3.09. The summed E-state index contributed by atoms with van der Waals surface area (Å²) in [5.74, 6) is -0.431. The summed E-state index contributed by atoms with van der Waals surface area (Å²) in [6.45, 7) is 3.70. The second kappa shape index (κ2) is 9.32. The molecule has 7 nitrogen and oxygen atoms in total. The third-order valence-corrected chi connectivity index (χ3v) is 5.97. The van der Waals surface area contributed by atoms with E-state index in [-0.39, 0.29) is 35.7 Å². The molecule has 4 rings (SSSR count). The van der Waals surface area contributed by atoms with Crippen LogP contribution in [0.25, 0.3) is 0 Å². The van der Waals surface area contributed by atoms with E-state index in [9.17, 15) is 22.4 Å². The third-order valence-electron chi connectivity index (χ3n) is 5.97. The number of fused-ring (bicyclic) bond motifs is 2. The second-order valence-corrected chi connectivity index (χ2v) is 8.20. The first-order valence-corrected chi connectivity index (χ1v) is 10.6. The number of rotatable bonds is 5. The molecule has 2 heterocycles. The van der Waals surface area contributed by atoms with Gasteiger partial charge in [-0.25, -0.2) is 19.4 Å². The molecule has 1 saturated carbocycles. The SMILES string of the molecule is C=C(F)C=NC(=NC)c1ccccc1C(=O)N1CC2CC(Nc3ncc(C(F)(F)F)cn3)C1C2. The number of benzene rings is 1. The van der Waals surface area contributed by atoms with Crippen LogP contribution in [0.15, 0.2) is 59.0 Å². The van der Waals surface area contributed by atoms with Crippen molar-refractivity contribution in [3.63, 3.8) is 0 Å². The van der Waals surface area contributed by atoms with E-state index in [4.69, 9.17) is 0 Å².